The summed E-state index contributed by atoms with van der Waals surface area (Å²) in [5.74, 6) is 0. The van der Waals surface area contributed by atoms with Crippen molar-refractivity contribution in [2.24, 2.45) is 0 Å². The summed E-state index contributed by atoms with van der Waals surface area (Å²) in [4.78, 5) is 0. The highest BCUT2D eigenvalue weighted by Crippen LogP contribution is 2.25. The topological polar surface area (TPSA) is 39.1 Å². The molecule has 1 aromatic heterocycles. The molecule has 1 saturated heterocycles. The maximum atomic E-state index is 5.72. The number of nitrogens with zero attached hydrogens (tertiary/aromatic N) is 2. The van der Waals surface area contributed by atoms with Crippen LogP contribution in [0.1, 0.15) is 68.9 Å². The minimum atomic E-state index is 0.432. The van der Waals surface area contributed by atoms with Crippen molar-refractivity contribution in [3.05, 3.63) is 17.0 Å². The lowest BCUT2D eigenvalue weighted by atomic mass is 10.0. The number of aromatic nitrogens is 2. The van der Waals surface area contributed by atoms with Crippen molar-refractivity contribution >= 4 is 0 Å². The molecule has 2 rings (SSSR count). The second-order valence-corrected chi connectivity index (χ2v) is 6.15. The molecular weight excluding hydrogens is 262 g/mol. The van der Waals surface area contributed by atoms with Crippen LogP contribution in [0.15, 0.2) is 0 Å². The van der Waals surface area contributed by atoms with E-state index in [4.69, 9.17) is 9.84 Å². The summed E-state index contributed by atoms with van der Waals surface area (Å²) in [5.41, 5.74) is 3.90. The van der Waals surface area contributed by atoms with Gasteiger partial charge in [0, 0.05) is 30.5 Å². The van der Waals surface area contributed by atoms with E-state index in [1.165, 1.54) is 36.2 Å². The number of nitrogens with one attached hydrogen (secondary N) is 1. The smallest absolute Gasteiger partial charge is 0.0644 e. The molecule has 0 aromatic carbocycles. The predicted molar refractivity (Wildman–Crippen MR) is 86.6 cm³/mol. The number of hydrogen-bond acceptors (Lipinski definition) is 3. The van der Waals surface area contributed by atoms with Gasteiger partial charge in [0.25, 0.3) is 0 Å². The van der Waals surface area contributed by atoms with Gasteiger partial charge in [-0.15, -0.1) is 0 Å². The van der Waals surface area contributed by atoms with Crippen LogP contribution in [-0.4, -0.2) is 29.0 Å². The third-order valence-electron chi connectivity index (χ3n) is 4.52. The SMILES string of the molecule is CCCNC(CC)c1c(C)nn(CCC2CCCO2)c1C. The molecule has 0 radical (unpaired) electrons. The summed E-state index contributed by atoms with van der Waals surface area (Å²) in [5, 5.41) is 8.42. The highest BCUT2D eigenvalue weighted by molar-refractivity contribution is 5.28. The highest BCUT2D eigenvalue weighted by atomic mass is 16.5. The molecule has 2 heterocycles. The van der Waals surface area contributed by atoms with E-state index in [9.17, 15) is 0 Å². The van der Waals surface area contributed by atoms with Gasteiger partial charge < -0.3 is 10.1 Å². The van der Waals surface area contributed by atoms with Crippen LogP contribution in [0.2, 0.25) is 0 Å². The van der Waals surface area contributed by atoms with Crippen LogP contribution >= 0.6 is 0 Å². The van der Waals surface area contributed by atoms with Crippen LogP contribution in [0.25, 0.3) is 0 Å². The first kappa shape index (κ1) is 16.5. The molecule has 2 atom stereocenters. The van der Waals surface area contributed by atoms with Crippen LogP contribution in [0.5, 0.6) is 0 Å². The van der Waals surface area contributed by atoms with E-state index in [2.05, 4.69) is 37.7 Å². The fraction of sp³-hybridized carbons (Fsp3) is 0.824. The summed E-state index contributed by atoms with van der Waals surface area (Å²) in [7, 11) is 0. The number of hydrogen-bond donors (Lipinski definition) is 1. The normalized spacial score (nSPS) is 20.1. The molecule has 1 aromatic rings. The van der Waals surface area contributed by atoms with Gasteiger partial charge in [0.15, 0.2) is 0 Å². The van der Waals surface area contributed by atoms with E-state index >= 15 is 0 Å². The minimum Gasteiger partial charge on any atom is -0.378 e. The summed E-state index contributed by atoms with van der Waals surface area (Å²) >= 11 is 0. The molecule has 0 amide bonds. The quantitative estimate of drug-likeness (QED) is 0.797. The van der Waals surface area contributed by atoms with Gasteiger partial charge in [-0.2, -0.15) is 5.10 Å². The zero-order valence-electron chi connectivity index (χ0n) is 14.1. The molecule has 4 heteroatoms. The molecule has 1 fully saturated rings. The van der Waals surface area contributed by atoms with E-state index in [1.54, 1.807) is 0 Å². The summed E-state index contributed by atoms with van der Waals surface area (Å²) < 4.78 is 7.90. The van der Waals surface area contributed by atoms with Crippen LogP contribution in [0.3, 0.4) is 0 Å². The third-order valence-corrected chi connectivity index (χ3v) is 4.52. The van der Waals surface area contributed by atoms with Crippen LogP contribution in [0, 0.1) is 13.8 Å². The molecule has 0 bridgehead atoms. The molecule has 0 aliphatic carbocycles. The van der Waals surface area contributed by atoms with Crippen molar-refractivity contribution in [1.29, 1.82) is 0 Å². The van der Waals surface area contributed by atoms with E-state index in [1.807, 2.05) is 0 Å². The Kier molecular flexibility index (Phi) is 6.24. The van der Waals surface area contributed by atoms with Crippen LogP contribution in [0.4, 0.5) is 0 Å². The van der Waals surface area contributed by atoms with Gasteiger partial charge >= 0.3 is 0 Å². The molecule has 4 nitrogen and oxygen atoms in total. The van der Waals surface area contributed by atoms with Gasteiger partial charge in [0.1, 0.15) is 0 Å². The van der Waals surface area contributed by atoms with Crippen molar-refractivity contribution in [2.45, 2.75) is 78.5 Å². The third kappa shape index (κ3) is 4.07. The number of rotatable bonds is 8. The van der Waals surface area contributed by atoms with E-state index in [0.29, 0.717) is 12.1 Å². The maximum absolute atomic E-state index is 5.72. The zero-order valence-corrected chi connectivity index (χ0v) is 14.1. The first-order valence-corrected chi connectivity index (χ1v) is 8.56. The molecular formula is C17H31N3O. The molecule has 2 unspecified atom stereocenters. The van der Waals surface area contributed by atoms with Crippen molar-refractivity contribution in [1.82, 2.24) is 15.1 Å². The van der Waals surface area contributed by atoms with Gasteiger partial charge in [0.05, 0.1) is 11.8 Å². The second kappa shape index (κ2) is 7.95. The van der Waals surface area contributed by atoms with Crippen LogP contribution < -0.4 is 5.32 Å². The van der Waals surface area contributed by atoms with E-state index < -0.39 is 0 Å². The Balaban J connectivity index is 2.04. The Bertz CT molecular complexity index is 435. The Labute approximate surface area is 129 Å². The molecule has 1 aliphatic heterocycles. The molecule has 120 valence electrons. The second-order valence-electron chi connectivity index (χ2n) is 6.15. The Hall–Kier alpha value is -0.870. The Morgan fingerprint density at radius 3 is 2.81 bits per heavy atom. The standard InChI is InChI=1S/C17H31N3O/c1-5-10-18-16(6-2)17-13(3)19-20(14(17)4)11-9-15-8-7-12-21-15/h15-16,18H,5-12H2,1-4H3. The summed E-state index contributed by atoms with van der Waals surface area (Å²) in [6, 6.07) is 0.432. The highest BCUT2D eigenvalue weighted by Gasteiger charge is 2.20. The largest absolute Gasteiger partial charge is 0.378 e. The zero-order chi connectivity index (χ0) is 15.2. The molecule has 0 spiro atoms. The van der Waals surface area contributed by atoms with E-state index in [0.717, 1.165) is 32.5 Å². The number of aryl methyl sites for hydroxylation is 2. The minimum absolute atomic E-state index is 0.432. The molecule has 0 saturated carbocycles. The average molecular weight is 293 g/mol. The van der Waals surface area contributed by atoms with Crippen molar-refractivity contribution in [3.63, 3.8) is 0 Å². The van der Waals surface area contributed by atoms with Crippen molar-refractivity contribution in [3.8, 4) is 0 Å². The van der Waals surface area contributed by atoms with Gasteiger partial charge in [-0.1, -0.05) is 13.8 Å². The van der Waals surface area contributed by atoms with Gasteiger partial charge in [-0.05, 0) is 52.5 Å². The van der Waals surface area contributed by atoms with Gasteiger partial charge in [-0.3, -0.25) is 4.68 Å². The fourth-order valence-electron chi connectivity index (χ4n) is 3.34. The number of ether oxygens (including phenoxy) is 1. The van der Waals surface area contributed by atoms with Crippen molar-refractivity contribution < 1.29 is 4.74 Å². The first-order valence-electron chi connectivity index (χ1n) is 8.56. The monoisotopic (exact) mass is 293 g/mol. The summed E-state index contributed by atoms with van der Waals surface area (Å²) in [6.07, 6.45) is 6.23. The lowest BCUT2D eigenvalue weighted by Gasteiger charge is -2.18. The van der Waals surface area contributed by atoms with E-state index in [-0.39, 0.29) is 0 Å². The lowest BCUT2D eigenvalue weighted by Crippen LogP contribution is -2.22. The molecule has 21 heavy (non-hydrogen) atoms. The average Bonchev–Trinajstić information content (AvgIpc) is 3.08. The van der Waals surface area contributed by atoms with Gasteiger partial charge in [-0.25, -0.2) is 0 Å². The Morgan fingerprint density at radius 2 is 2.19 bits per heavy atom. The maximum Gasteiger partial charge on any atom is 0.0644 e. The predicted octanol–water partition coefficient (Wildman–Crippen LogP) is 3.52. The molecule has 1 aliphatic rings. The van der Waals surface area contributed by atoms with Crippen LogP contribution in [-0.2, 0) is 11.3 Å². The summed E-state index contributed by atoms with van der Waals surface area (Å²) in [6.45, 7) is 11.8. The Morgan fingerprint density at radius 1 is 1.38 bits per heavy atom. The first-order chi connectivity index (χ1) is 10.2. The lowest BCUT2D eigenvalue weighted by molar-refractivity contribution is 0.0992. The fourth-order valence-corrected chi connectivity index (χ4v) is 3.34. The van der Waals surface area contributed by atoms with Crippen molar-refractivity contribution in [2.75, 3.05) is 13.2 Å². The molecule has 1 N–H and O–H groups in total. The van der Waals surface area contributed by atoms with Gasteiger partial charge in [0.2, 0.25) is 0 Å².